The first-order valence-electron chi connectivity index (χ1n) is 10.5. The number of anilines is 1. The van der Waals surface area contributed by atoms with Crippen LogP contribution in [0.3, 0.4) is 0 Å². The Morgan fingerprint density at radius 2 is 1.83 bits per heavy atom. The molecule has 0 spiro atoms. The van der Waals surface area contributed by atoms with E-state index < -0.39 is 0 Å². The number of hydrogen-bond acceptors (Lipinski definition) is 3. The van der Waals surface area contributed by atoms with Crippen LogP contribution in [0.5, 0.6) is 5.75 Å². The lowest BCUT2D eigenvalue weighted by Crippen LogP contribution is -2.25. The lowest BCUT2D eigenvalue weighted by molar-refractivity contribution is -0.131. The van der Waals surface area contributed by atoms with Gasteiger partial charge in [0, 0.05) is 31.1 Å². The summed E-state index contributed by atoms with van der Waals surface area (Å²) < 4.78 is 5.10. The van der Waals surface area contributed by atoms with Gasteiger partial charge >= 0.3 is 5.97 Å². The molecule has 3 nitrogen and oxygen atoms in total. The first-order valence-corrected chi connectivity index (χ1v) is 10.5. The first kappa shape index (κ1) is 19.6. The number of rotatable bonds is 3. The molecule has 0 radical (unpaired) electrons. The van der Waals surface area contributed by atoms with Gasteiger partial charge in [-0.3, -0.25) is 4.79 Å². The Morgan fingerprint density at radius 1 is 1.10 bits per heavy atom. The Hall–Kier alpha value is -2.73. The summed E-state index contributed by atoms with van der Waals surface area (Å²) in [6.45, 7) is 6.14. The van der Waals surface area contributed by atoms with Gasteiger partial charge in [-0.15, -0.1) is 0 Å². The van der Waals surface area contributed by atoms with E-state index in [1.165, 1.54) is 43.0 Å². The summed E-state index contributed by atoms with van der Waals surface area (Å²) in [7, 11) is 2.20. The minimum atomic E-state index is -0.311. The zero-order valence-corrected chi connectivity index (χ0v) is 17.8. The molecule has 0 heterocycles. The van der Waals surface area contributed by atoms with Crippen molar-refractivity contribution in [3.8, 4) is 17.6 Å². The fraction of sp³-hybridized carbons (Fsp3) is 0.423. The van der Waals surface area contributed by atoms with Gasteiger partial charge in [-0.1, -0.05) is 25.7 Å². The van der Waals surface area contributed by atoms with Crippen LogP contribution in [0.25, 0.3) is 0 Å². The van der Waals surface area contributed by atoms with E-state index in [9.17, 15) is 4.79 Å². The highest BCUT2D eigenvalue weighted by atomic mass is 16.5. The van der Waals surface area contributed by atoms with E-state index in [1.807, 2.05) is 12.1 Å². The average Bonchev–Trinajstić information content (AvgIpc) is 3.50. The second-order valence-electron chi connectivity index (χ2n) is 9.19. The van der Waals surface area contributed by atoms with E-state index in [2.05, 4.69) is 49.8 Å². The molecule has 150 valence electrons. The number of carbonyl (C=O) groups is 1. The maximum atomic E-state index is 11.1. The lowest BCUT2D eigenvalue weighted by atomic mass is 9.74. The molecular weight excluding hydrogens is 358 g/mol. The largest absolute Gasteiger partial charge is 0.427 e. The third kappa shape index (κ3) is 4.65. The summed E-state index contributed by atoms with van der Waals surface area (Å²) in [4.78, 5) is 13.5. The van der Waals surface area contributed by atoms with Gasteiger partial charge in [-0.05, 0) is 85.0 Å². The standard InChI is InChI=1S/C26H29NO2/c1-18(28)29-24-11-6-19(7-12-24)5-8-21-15-20-13-14-26(2,3)17-22(20)16-25(21)27(4)23-9-10-23/h6-7,11-12,15-16,23H,9-10,13-14,17H2,1-4H3. The maximum absolute atomic E-state index is 11.1. The molecule has 0 atom stereocenters. The summed E-state index contributed by atoms with van der Waals surface area (Å²) >= 11 is 0. The molecule has 0 unspecified atom stereocenters. The molecule has 0 aliphatic heterocycles. The van der Waals surface area contributed by atoms with Crippen LogP contribution in [0, 0.1) is 17.3 Å². The van der Waals surface area contributed by atoms with E-state index in [4.69, 9.17) is 4.74 Å². The predicted octanol–water partition coefficient (Wildman–Crippen LogP) is 5.13. The van der Waals surface area contributed by atoms with Crippen LogP contribution in [0.15, 0.2) is 36.4 Å². The lowest BCUT2D eigenvalue weighted by Gasteiger charge is -2.33. The van der Waals surface area contributed by atoms with Gasteiger partial charge in [0.2, 0.25) is 0 Å². The van der Waals surface area contributed by atoms with E-state index in [0.29, 0.717) is 17.2 Å². The summed E-state index contributed by atoms with van der Waals surface area (Å²) in [5.41, 5.74) is 6.60. The second kappa shape index (κ2) is 7.59. The van der Waals surface area contributed by atoms with Crippen LogP contribution >= 0.6 is 0 Å². The van der Waals surface area contributed by atoms with Crippen LogP contribution in [-0.4, -0.2) is 19.1 Å². The van der Waals surface area contributed by atoms with E-state index in [0.717, 1.165) is 24.0 Å². The molecule has 2 aliphatic rings. The number of fused-ring (bicyclic) bond motifs is 1. The minimum absolute atomic E-state index is 0.311. The quantitative estimate of drug-likeness (QED) is 0.416. The predicted molar refractivity (Wildman–Crippen MR) is 117 cm³/mol. The SMILES string of the molecule is CC(=O)Oc1ccc(C#Cc2cc3c(cc2N(C)C2CC2)CC(C)(C)CC3)cc1. The monoisotopic (exact) mass is 387 g/mol. The molecule has 0 amide bonds. The van der Waals surface area contributed by atoms with Crippen LogP contribution in [-0.2, 0) is 17.6 Å². The van der Waals surface area contributed by atoms with Crippen molar-refractivity contribution in [2.24, 2.45) is 5.41 Å². The third-order valence-electron chi connectivity index (χ3n) is 5.99. The number of benzene rings is 2. The van der Waals surface area contributed by atoms with E-state index in [-0.39, 0.29) is 5.97 Å². The highest BCUT2D eigenvalue weighted by Crippen LogP contribution is 2.39. The topological polar surface area (TPSA) is 29.5 Å². The van der Waals surface area contributed by atoms with Crippen LogP contribution in [0.2, 0.25) is 0 Å². The molecule has 2 aromatic rings. The van der Waals surface area contributed by atoms with Gasteiger partial charge in [-0.25, -0.2) is 0 Å². The van der Waals surface area contributed by atoms with Crippen molar-refractivity contribution >= 4 is 11.7 Å². The van der Waals surface area contributed by atoms with Crippen LogP contribution in [0.4, 0.5) is 5.69 Å². The summed E-state index contributed by atoms with van der Waals surface area (Å²) in [6, 6.07) is 12.7. The summed E-state index contributed by atoms with van der Waals surface area (Å²) in [6.07, 6.45) is 6.02. The van der Waals surface area contributed by atoms with Gasteiger partial charge in [0.05, 0.1) is 5.69 Å². The molecule has 29 heavy (non-hydrogen) atoms. The molecule has 2 aliphatic carbocycles. The molecule has 0 aromatic heterocycles. The molecule has 2 aromatic carbocycles. The smallest absolute Gasteiger partial charge is 0.308 e. The highest BCUT2D eigenvalue weighted by molar-refractivity contribution is 5.69. The number of hydrogen-bond donors (Lipinski definition) is 0. The average molecular weight is 388 g/mol. The van der Waals surface area contributed by atoms with Gasteiger partial charge in [0.15, 0.2) is 0 Å². The summed E-state index contributed by atoms with van der Waals surface area (Å²) in [5, 5.41) is 0. The van der Waals surface area contributed by atoms with Gasteiger partial charge in [0.1, 0.15) is 5.75 Å². The number of esters is 1. The van der Waals surface area contributed by atoms with Crippen LogP contribution in [0.1, 0.15) is 62.3 Å². The third-order valence-corrected chi connectivity index (χ3v) is 5.99. The zero-order chi connectivity index (χ0) is 20.6. The van der Waals surface area contributed by atoms with E-state index in [1.54, 1.807) is 12.1 Å². The van der Waals surface area contributed by atoms with Crippen molar-refractivity contribution < 1.29 is 9.53 Å². The van der Waals surface area contributed by atoms with E-state index >= 15 is 0 Å². The fourth-order valence-corrected chi connectivity index (χ4v) is 4.11. The molecular formula is C26H29NO2. The molecule has 0 saturated heterocycles. The fourth-order valence-electron chi connectivity index (χ4n) is 4.11. The number of ether oxygens (including phenoxy) is 1. The number of aryl methyl sites for hydroxylation is 1. The molecule has 1 fully saturated rings. The molecule has 3 heteroatoms. The van der Waals surface area contributed by atoms with Crippen molar-refractivity contribution in [2.75, 3.05) is 11.9 Å². The summed E-state index contributed by atoms with van der Waals surface area (Å²) in [5.74, 6) is 6.97. The molecule has 0 bridgehead atoms. The Bertz CT molecular complexity index is 988. The minimum Gasteiger partial charge on any atom is -0.427 e. The molecule has 0 N–H and O–H groups in total. The normalized spacial score (nSPS) is 17.0. The molecule has 4 rings (SSSR count). The van der Waals surface area contributed by atoms with Gasteiger partial charge in [0.25, 0.3) is 0 Å². The first-order chi connectivity index (χ1) is 13.8. The van der Waals surface area contributed by atoms with Crippen molar-refractivity contribution in [1.82, 2.24) is 0 Å². The second-order valence-corrected chi connectivity index (χ2v) is 9.19. The van der Waals surface area contributed by atoms with Crippen molar-refractivity contribution in [2.45, 2.75) is 58.9 Å². The Morgan fingerprint density at radius 3 is 2.48 bits per heavy atom. The maximum Gasteiger partial charge on any atom is 0.308 e. The zero-order valence-electron chi connectivity index (χ0n) is 17.8. The number of carbonyl (C=O) groups excluding carboxylic acids is 1. The Labute approximate surface area is 174 Å². The van der Waals surface area contributed by atoms with Crippen molar-refractivity contribution in [3.05, 3.63) is 58.7 Å². The number of nitrogens with zero attached hydrogens (tertiary/aromatic N) is 1. The molecule has 1 saturated carbocycles. The Kier molecular flexibility index (Phi) is 5.13. The highest BCUT2D eigenvalue weighted by Gasteiger charge is 2.30. The van der Waals surface area contributed by atoms with Gasteiger partial charge < -0.3 is 9.64 Å². The Balaban J connectivity index is 1.66. The van der Waals surface area contributed by atoms with Crippen molar-refractivity contribution in [3.63, 3.8) is 0 Å². The van der Waals surface area contributed by atoms with Gasteiger partial charge in [-0.2, -0.15) is 0 Å². The van der Waals surface area contributed by atoms with Crippen molar-refractivity contribution in [1.29, 1.82) is 0 Å². The van der Waals surface area contributed by atoms with Crippen LogP contribution < -0.4 is 9.64 Å².